The van der Waals surface area contributed by atoms with Gasteiger partial charge in [-0.05, 0) is 25.2 Å². The predicted molar refractivity (Wildman–Crippen MR) is 57.6 cm³/mol. The van der Waals surface area contributed by atoms with Gasteiger partial charge in [0.25, 0.3) is 5.56 Å². The van der Waals surface area contributed by atoms with Crippen molar-refractivity contribution in [2.24, 2.45) is 5.92 Å². The summed E-state index contributed by atoms with van der Waals surface area (Å²) in [5.74, 6) is -0.659. The second kappa shape index (κ2) is 4.08. The van der Waals surface area contributed by atoms with E-state index in [1.54, 1.807) is 6.92 Å². The van der Waals surface area contributed by atoms with Crippen LogP contribution in [0.3, 0.4) is 0 Å². The van der Waals surface area contributed by atoms with Gasteiger partial charge in [0.15, 0.2) is 0 Å². The van der Waals surface area contributed by atoms with Gasteiger partial charge in [0.05, 0.1) is 12.0 Å². The van der Waals surface area contributed by atoms with Crippen molar-refractivity contribution in [3.63, 3.8) is 0 Å². The molecule has 1 aliphatic carbocycles. The molecule has 2 rings (SSSR count). The van der Waals surface area contributed by atoms with Crippen molar-refractivity contribution in [1.29, 1.82) is 0 Å². The van der Waals surface area contributed by atoms with Gasteiger partial charge in [-0.15, -0.1) is 0 Å². The van der Waals surface area contributed by atoms with Crippen molar-refractivity contribution in [1.82, 2.24) is 9.55 Å². The van der Waals surface area contributed by atoms with E-state index in [0.29, 0.717) is 24.6 Å². The third-order valence-corrected chi connectivity index (χ3v) is 2.82. The Morgan fingerprint density at radius 2 is 2.31 bits per heavy atom. The summed E-state index contributed by atoms with van der Waals surface area (Å²) in [5, 5.41) is 9.00. The topological polar surface area (TPSA) is 72.2 Å². The smallest absolute Gasteiger partial charge is 0.343 e. The SMILES string of the molecule is CCc1ncn(CC2CC2)c(=O)c1C(=O)O. The first-order chi connectivity index (χ1) is 7.63. The zero-order valence-corrected chi connectivity index (χ0v) is 9.14. The lowest BCUT2D eigenvalue weighted by molar-refractivity contribution is 0.0692. The Balaban J connectivity index is 2.45. The molecule has 86 valence electrons. The summed E-state index contributed by atoms with van der Waals surface area (Å²) in [6, 6.07) is 0. The van der Waals surface area contributed by atoms with Gasteiger partial charge in [0, 0.05) is 6.54 Å². The summed E-state index contributed by atoms with van der Waals surface area (Å²) in [5.41, 5.74) is -0.235. The summed E-state index contributed by atoms with van der Waals surface area (Å²) in [4.78, 5) is 26.9. The number of hydrogen-bond donors (Lipinski definition) is 1. The van der Waals surface area contributed by atoms with Crippen molar-refractivity contribution in [2.75, 3.05) is 0 Å². The third-order valence-electron chi connectivity index (χ3n) is 2.82. The molecule has 0 atom stereocenters. The average Bonchev–Trinajstić information content (AvgIpc) is 3.04. The van der Waals surface area contributed by atoms with Crippen LogP contribution in [0.2, 0.25) is 0 Å². The predicted octanol–water partition coefficient (Wildman–Crippen LogP) is 0.914. The van der Waals surface area contributed by atoms with E-state index in [9.17, 15) is 9.59 Å². The van der Waals surface area contributed by atoms with Gasteiger partial charge in [-0.2, -0.15) is 0 Å². The number of aromatic nitrogens is 2. The molecule has 16 heavy (non-hydrogen) atoms. The largest absolute Gasteiger partial charge is 0.477 e. The highest BCUT2D eigenvalue weighted by molar-refractivity contribution is 5.88. The first-order valence-corrected chi connectivity index (χ1v) is 5.45. The van der Waals surface area contributed by atoms with Crippen molar-refractivity contribution >= 4 is 5.97 Å². The first-order valence-electron chi connectivity index (χ1n) is 5.45. The second-order valence-electron chi connectivity index (χ2n) is 4.13. The fourth-order valence-electron chi connectivity index (χ4n) is 1.72. The fraction of sp³-hybridized carbons (Fsp3) is 0.545. The minimum atomic E-state index is -1.18. The lowest BCUT2D eigenvalue weighted by Gasteiger charge is -2.07. The maximum Gasteiger partial charge on any atom is 0.343 e. The van der Waals surface area contributed by atoms with Gasteiger partial charge in [0.1, 0.15) is 5.56 Å². The second-order valence-corrected chi connectivity index (χ2v) is 4.13. The molecule has 0 spiro atoms. The summed E-state index contributed by atoms with van der Waals surface area (Å²) in [6.45, 7) is 2.38. The fourth-order valence-corrected chi connectivity index (χ4v) is 1.72. The van der Waals surface area contributed by atoms with Crippen LogP contribution in [0.1, 0.15) is 35.8 Å². The van der Waals surface area contributed by atoms with Crippen molar-refractivity contribution in [3.05, 3.63) is 27.9 Å². The van der Waals surface area contributed by atoms with Crippen molar-refractivity contribution < 1.29 is 9.90 Å². The Morgan fingerprint density at radius 3 is 2.81 bits per heavy atom. The lowest BCUT2D eigenvalue weighted by Crippen LogP contribution is -2.29. The van der Waals surface area contributed by atoms with Crippen LogP contribution in [0.5, 0.6) is 0 Å². The Kier molecular flexibility index (Phi) is 2.77. The number of hydrogen-bond acceptors (Lipinski definition) is 3. The molecule has 1 fully saturated rings. The Hall–Kier alpha value is -1.65. The Morgan fingerprint density at radius 1 is 1.62 bits per heavy atom. The van der Waals surface area contributed by atoms with E-state index >= 15 is 0 Å². The zero-order valence-electron chi connectivity index (χ0n) is 9.14. The maximum absolute atomic E-state index is 11.9. The van der Waals surface area contributed by atoms with Gasteiger partial charge < -0.3 is 5.11 Å². The third kappa shape index (κ3) is 1.98. The summed E-state index contributed by atoms with van der Waals surface area (Å²) in [7, 11) is 0. The standard InChI is InChI=1S/C11H14N2O3/c1-2-8-9(11(15)16)10(14)13(6-12-8)5-7-3-4-7/h6-7H,2-5H2,1H3,(H,15,16). The number of carbonyl (C=O) groups is 1. The summed E-state index contributed by atoms with van der Waals surface area (Å²) < 4.78 is 1.42. The molecule has 5 nitrogen and oxygen atoms in total. The molecule has 0 bridgehead atoms. The molecule has 0 aliphatic heterocycles. The lowest BCUT2D eigenvalue weighted by atomic mass is 10.2. The molecule has 0 radical (unpaired) electrons. The van der Waals surface area contributed by atoms with Crippen LogP contribution in [0, 0.1) is 5.92 Å². The van der Waals surface area contributed by atoms with Crippen LogP contribution in [0.25, 0.3) is 0 Å². The van der Waals surface area contributed by atoms with Crippen LogP contribution in [0.4, 0.5) is 0 Å². The van der Waals surface area contributed by atoms with E-state index < -0.39 is 11.5 Å². The van der Waals surface area contributed by atoms with E-state index in [2.05, 4.69) is 4.98 Å². The number of rotatable bonds is 4. The molecule has 0 amide bonds. The highest BCUT2D eigenvalue weighted by Crippen LogP contribution is 2.29. The molecule has 1 aromatic heterocycles. The van der Waals surface area contributed by atoms with Crippen LogP contribution in [-0.4, -0.2) is 20.6 Å². The van der Waals surface area contributed by atoms with E-state index in [1.807, 2.05) is 0 Å². The average molecular weight is 222 g/mol. The molecule has 0 saturated heterocycles. The molecular formula is C11H14N2O3. The van der Waals surface area contributed by atoms with Gasteiger partial charge in [-0.25, -0.2) is 9.78 Å². The molecule has 1 aliphatic rings. The minimum absolute atomic E-state index is 0.175. The van der Waals surface area contributed by atoms with E-state index in [1.165, 1.54) is 10.9 Å². The number of nitrogens with zero attached hydrogens (tertiary/aromatic N) is 2. The van der Waals surface area contributed by atoms with E-state index in [-0.39, 0.29) is 5.56 Å². The van der Waals surface area contributed by atoms with E-state index in [4.69, 9.17) is 5.11 Å². The summed E-state index contributed by atoms with van der Waals surface area (Å²) >= 11 is 0. The molecule has 1 aromatic rings. The normalized spacial score (nSPS) is 15.1. The number of aryl methyl sites for hydroxylation is 1. The van der Waals surface area contributed by atoms with Crippen molar-refractivity contribution in [3.8, 4) is 0 Å². The molecule has 1 saturated carbocycles. The summed E-state index contributed by atoms with van der Waals surface area (Å²) in [6.07, 6.45) is 4.15. The number of carboxylic acids is 1. The van der Waals surface area contributed by atoms with Crippen LogP contribution in [0.15, 0.2) is 11.1 Å². The minimum Gasteiger partial charge on any atom is -0.477 e. The van der Waals surface area contributed by atoms with Crippen molar-refractivity contribution in [2.45, 2.75) is 32.7 Å². The highest BCUT2D eigenvalue weighted by atomic mass is 16.4. The van der Waals surface area contributed by atoms with Crippen LogP contribution >= 0.6 is 0 Å². The van der Waals surface area contributed by atoms with Gasteiger partial charge in [0.2, 0.25) is 0 Å². The Bertz CT molecular complexity index is 475. The molecule has 0 unspecified atom stereocenters. The first kappa shape index (κ1) is 10.9. The Labute approximate surface area is 92.7 Å². The van der Waals surface area contributed by atoms with Gasteiger partial charge in [-0.1, -0.05) is 6.92 Å². The molecule has 0 aromatic carbocycles. The number of carboxylic acid groups (broad SMARTS) is 1. The molecule has 1 N–H and O–H groups in total. The molecule has 1 heterocycles. The van der Waals surface area contributed by atoms with Gasteiger partial charge >= 0.3 is 5.97 Å². The number of aromatic carboxylic acids is 1. The maximum atomic E-state index is 11.9. The van der Waals surface area contributed by atoms with Crippen LogP contribution < -0.4 is 5.56 Å². The highest BCUT2D eigenvalue weighted by Gasteiger charge is 2.24. The molecule has 5 heteroatoms. The monoisotopic (exact) mass is 222 g/mol. The quantitative estimate of drug-likeness (QED) is 0.822. The van der Waals surface area contributed by atoms with Gasteiger partial charge in [-0.3, -0.25) is 9.36 Å². The van der Waals surface area contributed by atoms with E-state index in [0.717, 1.165) is 12.8 Å². The van der Waals surface area contributed by atoms with Crippen LogP contribution in [-0.2, 0) is 13.0 Å². The zero-order chi connectivity index (χ0) is 11.7. The molecular weight excluding hydrogens is 208 g/mol.